The molecule has 48 heavy (non-hydrogen) atoms. The number of hydrogen-bond donors (Lipinski definition) is 0. The van der Waals surface area contributed by atoms with Crippen LogP contribution in [0.2, 0.25) is 0 Å². The van der Waals surface area contributed by atoms with Gasteiger partial charge in [-0.2, -0.15) is 18.4 Å². The molecule has 4 atom stereocenters. The highest BCUT2D eigenvalue weighted by Crippen LogP contribution is 2.44. The lowest BCUT2D eigenvalue weighted by molar-refractivity contribution is -0.146. The van der Waals surface area contributed by atoms with Crippen LogP contribution in [-0.4, -0.2) is 80.7 Å². The molecule has 4 fully saturated rings. The molecule has 1 saturated carbocycles. The Labute approximate surface area is 280 Å². The van der Waals surface area contributed by atoms with E-state index in [1.54, 1.807) is 13.2 Å². The van der Waals surface area contributed by atoms with Crippen LogP contribution in [0.1, 0.15) is 79.9 Å². The lowest BCUT2D eigenvalue weighted by atomic mass is 9.87. The first-order chi connectivity index (χ1) is 23.1. The van der Waals surface area contributed by atoms with E-state index in [1.165, 1.54) is 26.0 Å². The molecule has 11 heteroatoms. The Hall–Kier alpha value is -3.78. The monoisotopic (exact) mass is 666 g/mol. The Balaban J connectivity index is 1.28. The van der Waals surface area contributed by atoms with Gasteiger partial charge in [0.05, 0.1) is 44.1 Å². The summed E-state index contributed by atoms with van der Waals surface area (Å²) in [7, 11) is 2.98. The Morgan fingerprint density at radius 2 is 1.67 bits per heavy atom. The summed E-state index contributed by atoms with van der Waals surface area (Å²) in [5, 5.41) is 9.81. The fourth-order valence-electron chi connectivity index (χ4n) is 8.63. The average Bonchev–Trinajstić information content (AvgIpc) is 3.88. The zero-order valence-electron chi connectivity index (χ0n) is 27.8. The Bertz CT molecular complexity index is 1500. The van der Waals surface area contributed by atoms with Crippen LogP contribution in [0.25, 0.3) is 0 Å². The van der Waals surface area contributed by atoms with Gasteiger partial charge in [0.2, 0.25) is 5.91 Å². The molecule has 6 rings (SSSR count). The number of methoxy groups -OCH3 is 2. The van der Waals surface area contributed by atoms with Crippen LogP contribution in [0.5, 0.6) is 5.75 Å². The number of ether oxygens (including phenoxy) is 2. The largest absolute Gasteiger partial charge is 0.497 e. The Kier molecular flexibility index (Phi) is 10.2. The zero-order valence-corrected chi connectivity index (χ0v) is 27.8. The summed E-state index contributed by atoms with van der Waals surface area (Å²) >= 11 is 0. The minimum Gasteiger partial charge on any atom is -0.497 e. The molecule has 1 aliphatic carbocycles. The topological polar surface area (TPSA) is 86.1 Å². The van der Waals surface area contributed by atoms with Gasteiger partial charge >= 0.3 is 12.1 Å². The van der Waals surface area contributed by atoms with Crippen molar-refractivity contribution in [3.8, 4) is 11.8 Å². The number of hydrogen-bond acceptors (Lipinski definition) is 7. The summed E-state index contributed by atoms with van der Waals surface area (Å²) in [5.74, 6) is -0.331. The van der Waals surface area contributed by atoms with E-state index in [4.69, 9.17) is 9.47 Å². The highest BCUT2D eigenvalue weighted by molar-refractivity contribution is 5.82. The molecule has 3 saturated heterocycles. The van der Waals surface area contributed by atoms with Crippen molar-refractivity contribution < 1.29 is 32.2 Å². The summed E-state index contributed by atoms with van der Waals surface area (Å²) in [6.45, 7) is 2.64. The number of amides is 1. The summed E-state index contributed by atoms with van der Waals surface area (Å²) < 4.78 is 52.1. The molecule has 0 unspecified atom stereocenters. The Morgan fingerprint density at radius 1 is 0.958 bits per heavy atom. The molecule has 2 aromatic rings. The number of nitriles is 1. The van der Waals surface area contributed by atoms with Crippen molar-refractivity contribution in [3.05, 3.63) is 59.2 Å². The number of anilines is 1. The second-order valence-corrected chi connectivity index (χ2v) is 13.9. The molecule has 0 radical (unpaired) electrons. The van der Waals surface area contributed by atoms with Crippen molar-refractivity contribution in [2.24, 2.45) is 11.8 Å². The molecule has 1 amide bonds. The SMILES string of the molecule is COC(=O)C1CCN(c2cc(C(F)(F)F)ccc2[C@@H]2C[C@@H](CC#N)N(C(=O)[C@@H]3CN(C4CCCC4)C[C@H]3c3ccc(OC)cc3)C2)CC1. The van der Waals surface area contributed by atoms with Crippen LogP contribution in [0, 0.1) is 23.2 Å². The second kappa shape index (κ2) is 14.4. The lowest BCUT2D eigenvalue weighted by Gasteiger charge is -2.35. The molecule has 8 nitrogen and oxygen atoms in total. The molecule has 0 spiro atoms. The number of rotatable bonds is 8. The molecule has 0 bridgehead atoms. The first-order valence-electron chi connectivity index (χ1n) is 17.2. The summed E-state index contributed by atoms with van der Waals surface area (Å²) in [5.41, 5.74) is 1.61. The van der Waals surface area contributed by atoms with E-state index >= 15 is 0 Å². The van der Waals surface area contributed by atoms with Crippen molar-refractivity contribution >= 4 is 17.6 Å². The van der Waals surface area contributed by atoms with E-state index in [0.29, 0.717) is 57.2 Å². The molecule has 2 aromatic carbocycles. The van der Waals surface area contributed by atoms with E-state index in [0.717, 1.165) is 42.3 Å². The van der Waals surface area contributed by atoms with Crippen molar-refractivity contribution in [1.29, 1.82) is 5.26 Å². The summed E-state index contributed by atoms with van der Waals surface area (Å²) in [6, 6.07) is 14.2. The highest BCUT2D eigenvalue weighted by atomic mass is 19.4. The summed E-state index contributed by atoms with van der Waals surface area (Å²) in [6.07, 6.45) is 1.78. The van der Waals surface area contributed by atoms with Gasteiger partial charge in [0.1, 0.15) is 5.75 Å². The zero-order chi connectivity index (χ0) is 34.0. The van der Waals surface area contributed by atoms with Gasteiger partial charge in [-0.1, -0.05) is 31.0 Å². The van der Waals surface area contributed by atoms with E-state index in [1.807, 2.05) is 34.1 Å². The predicted octanol–water partition coefficient (Wildman–Crippen LogP) is 6.36. The molecule has 0 aromatic heterocycles. The van der Waals surface area contributed by atoms with E-state index in [-0.39, 0.29) is 48.0 Å². The molecular formula is C37H45F3N4O4. The van der Waals surface area contributed by atoms with Gasteiger partial charge in [0, 0.05) is 62.3 Å². The molecule has 258 valence electrons. The molecule has 4 aliphatic rings. The maximum absolute atomic E-state index is 14.6. The van der Waals surface area contributed by atoms with Crippen LogP contribution >= 0.6 is 0 Å². The number of carbonyl (C=O) groups excluding carboxylic acids is 2. The maximum atomic E-state index is 14.6. The van der Waals surface area contributed by atoms with Crippen LogP contribution < -0.4 is 9.64 Å². The molecular weight excluding hydrogens is 621 g/mol. The van der Waals surface area contributed by atoms with Crippen LogP contribution in [0.4, 0.5) is 18.9 Å². The van der Waals surface area contributed by atoms with Crippen molar-refractivity contribution in [2.45, 2.75) is 81.5 Å². The van der Waals surface area contributed by atoms with Gasteiger partial charge in [0.15, 0.2) is 0 Å². The van der Waals surface area contributed by atoms with E-state index in [9.17, 15) is 28.0 Å². The number of halogens is 3. The third-order valence-corrected chi connectivity index (χ3v) is 11.2. The molecule has 3 aliphatic heterocycles. The highest BCUT2D eigenvalue weighted by Gasteiger charge is 2.47. The third-order valence-electron chi connectivity index (χ3n) is 11.2. The van der Waals surface area contributed by atoms with Gasteiger partial charge < -0.3 is 19.3 Å². The molecule has 3 heterocycles. The molecule has 0 N–H and O–H groups in total. The third kappa shape index (κ3) is 7.00. The number of likely N-dealkylation sites (tertiary alicyclic amines) is 2. The van der Waals surface area contributed by atoms with E-state index < -0.39 is 11.7 Å². The van der Waals surface area contributed by atoms with Gasteiger partial charge in [-0.3, -0.25) is 14.5 Å². The first-order valence-corrected chi connectivity index (χ1v) is 17.2. The quantitative estimate of drug-likeness (QED) is 0.303. The number of carbonyl (C=O) groups is 2. The van der Waals surface area contributed by atoms with E-state index in [2.05, 4.69) is 11.0 Å². The number of esters is 1. The van der Waals surface area contributed by atoms with Gasteiger partial charge in [-0.25, -0.2) is 0 Å². The minimum atomic E-state index is -4.51. The number of piperidine rings is 1. The fourth-order valence-corrected chi connectivity index (χ4v) is 8.63. The van der Waals surface area contributed by atoms with Crippen LogP contribution in [0.15, 0.2) is 42.5 Å². The van der Waals surface area contributed by atoms with Crippen molar-refractivity contribution in [3.63, 3.8) is 0 Å². The summed E-state index contributed by atoms with van der Waals surface area (Å²) in [4.78, 5) is 33.1. The number of benzene rings is 2. The number of nitrogens with zero attached hydrogens (tertiary/aromatic N) is 4. The fraction of sp³-hybridized carbons (Fsp3) is 0.595. The van der Waals surface area contributed by atoms with Gasteiger partial charge in [-0.15, -0.1) is 0 Å². The smallest absolute Gasteiger partial charge is 0.416 e. The van der Waals surface area contributed by atoms with Crippen LogP contribution in [-0.2, 0) is 20.5 Å². The standard InChI is InChI=1S/C37H45F3N4O4/c1-47-30-10-7-24(8-11-30)32-22-43(28-5-3-4-6-28)23-33(32)35(45)44-21-26(19-29(44)13-16-41)31-12-9-27(37(38,39)40)20-34(31)42-17-14-25(15-18-42)36(46)48-2/h7-12,20,25-26,28-29,32-33H,3-6,13-15,17-19,21-23H2,1-2H3/t26-,29-,32+,33-/m1/s1. The van der Waals surface area contributed by atoms with Gasteiger partial charge in [0.25, 0.3) is 0 Å². The average molecular weight is 667 g/mol. The number of alkyl halides is 3. The van der Waals surface area contributed by atoms with Crippen molar-refractivity contribution in [2.75, 3.05) is 51.8 Å². The normalized spacial score (nSPS) is 25.8. The van der Waals surface area contributed by atoms with Gasteiger partial charge in [-0.05, 0) is 67.5 Å². The first kappa shape index (κ1) is 34.1. The Morgan fingerprint density at radius 3 is 2.29 bits per heavy atom. The predicted molar refractivity (Wildman–Crippen MR) is 175 cm³/mol. The van der Waals surface area contributed by atoms with Crippen molar-refractivity contribution in [1.82, 2.24) is 9.80 Å². The second-order valence-electron chi connectivity index (χ2n) is 13.9. The maximum Gasteiger partial charge on any atom is 0.416 e. The lowest BCUT2D eigenvalue weighted by Crippen LogP contribution is -2.42. The van der Waals surface area contributed by atoms with Crippen LogP contribution in [0.3, 0.4) is 0 Å². The minimum absolute atomic E-state index is 0.0106.